The first-order valence-electron chi connectivity index (χ1n) is 11.6. The Morgan fingerprint density at radius 2 is 1.94 bits per heavy atom. The number of imide groups is 1. The molecule has 0 spiro atoms. The quantitative estimate of drug-likeness (QED) is 0.520. The number of hydrogen-bond donors (Lipinski definition) is 1. The summed E-state index contributed by atoms with van der Waals surface area (Å²) in [5, 5.41) is 2.39. The van der Waals surface area contributed by atoms with Crippen LogP contribution in [0.25, 0.3) is 0 Å². The number of benzene rings is 1. The van der Waals surface area contributed by atoms with E-state index < -0.39 is 11.3 Å². The molecule has 1 unspecified atom stereocenters. The lowest BCUT2D eigenvalue weighted by Gasteiger charge is -2.33. The Morgan fingerprint density at radius 3 is 2.66 bits per heavy atom. The van der Waals surface area contributed by atoms with Crippen LogP contribution in [0, 0.1) is 17.3 Å². The molecule has 1 N–H and O–H groups in total. The maximum absolute atomic E-state index is 13.1. The normalized spacial score (nSPS) is 22.1. The predicted octanol–water partition coefficient (Wildman–Crippen LogP) is 0.882. The fourth-order valence-corrected chi connectivity index (χ4v) is 4.79. The van der Waals surface area contributed by atoms with Gasteiger partial charge >= 0.3 is 0 Å². The highest BCUT2D eigenvalue weighted by atomic mass is 16.5. The number of piperazine rings is 1. The van der Waals surface area contributed by atoms with Gasteiger partial charge in [0.15, 0.2) is 0 Å². The van der Waals surface area contributed by atoms with Gasteiger partial charge in [-0.3, -0.25) is 19.7 Å². The van der Waals surface area contributed by atoms with E-state index in [0.717, 1.165) is 37.6 Å². The zero-order valence-electron chi connectivity index (χ0n) is 19.8. The Kier molecular flexibility index (Phi) is 5.91. The summed E-state index contributed by atoms with van der Waals surface area (Å²) < 4.78 is 5.25. The van der Waals surface area contributed by atoms with Gasteiger partial charge in [0, 0.05) is 51.0 Å². The first-order chi connectivity index (χ1) is 16.9. The molecule has 2 saturated heterocycles. The molecule has 1 atom stereocenters. The Labute approximate surface area is 204 Å². The SMILES string of the molecule is COc1ccc2c(c1)C(=O)N(CC1(C#Cc3cccnc3N3CCN(C)CC3)CC(=O)NC1=O)C2. The van der Waals surface area contributed by atoms with Crippen molar-refractivity contribution in [2.24, 2.45) is 5.41 Å². The highest BCUT2D eigenvalue weighted by Gasteiger charge is 2.48. The molecule has 180 valence electrons. The number of likely N-dealkylation sites (N-methyl/N-ethyl adjacent to an activating group) is 1. The van der Waals surface area contributed by atoms with Crippen molar-refractivity contribution < 1.29 is 19.1 Å². The molecule has 0 bridgehead atoms. The molecule has 9 heteroatoms. The standard InChI is InChI=1S/C26H27N5O4/c1-29-10-12-30(13-11-29)23-18(4-3-9-27-23)7-8-26(15-22(32)28-25(26)34)17-31-16-19-5-6-20(35-2)14-21(19)24(31)33/h3-6,9,14H,10-13,15-17H2,1-2H3,(H,28,32,34). The monoisotopic (exact) mass is 473 g/mol. The van der Waals surface area contributed by atoms with E-state index in [4.69, 9.17) is 4.74 Å². The van der Waals surface area contributed by atoms with Crippen LogP contribution in [0.2, 0.25) is 0 Å². The molecular weight excluding hydrogens is 446 g/mol. The van der Waals surface area contributed by atoms with Gasteiger partial charge in [-0.1, -0.05) is 17.9 Å². The number of anilines is 1. The molecule has 0 aliphatic carbocycles. The van der Waals surface area contributed by atoms with Crippen LogP contribution in [-0.2, 0) is 16.1 Å². The number of aromatic nitrogens is 1. The summed E-state index contributed by atoms with van der Waals surface area (Å²) in [5.74, 6) is 6.54. The summed E-state index contributed by atoms with van der Waals surface area (Å²) >= 11 is 0. The van der Waals surface area contributed by atoms with E-state index in [1.54, 1.807) is 30.3 Å². The van der Waals surface area contributed by atoms with Crippen LogP contribution >= 0.6 is 0 Å². The topological polar surface area (TPSA) is 95.1 Å². The summed E-state index contributed by atoms with van der Waals surface area (Å²) in [6.07, 6.45) is 1.64. The van der Waals surface area contributed by atoms with Crippen LogP contribution in [0.4, 0.5) is 5.82 Å². The third-order valence-electron chi connectivity index (χ3n) is 6.83. The van der Waals surface area contributed by atoms with Gasteiger partial charge in [0.1, 0.15) is 17.0 Å². The lowest BCUT2D eigenvalue weighted by Crippen LogP contribution is -2.45. The van der Waals surface area contributed by atoms with Crippen molar-refractivity contribution in [1.82, 2.24) is 20.1 Å². The third kappa shape index (κ3) is 4.33. The smallest absolute Gasteiger partial charge is 0.254 e. The second-order valence-electron chi connectivity index (χ2n) is 9.24. The fraction of sp³-hybridized carbons (Fsp3) is 0.385. The van der Waals surface area contributed by atoms with Gasteiger partial charge in [0.05, 0.1) is 19.1 Å². The summed E-state index contributed by atoms with van der Waals surface area (Å²) in [4.78, 5) is 48.9. The number of methoxy groups -OCH3 is 1. The minimum atomic E-state index is -1.33. The lowest BCUT2D eigenvalue weighted by molar-refractivity contribution is -0.127. The first kappa shape index (κ1) is 22.9. The zero-order valence-corrected chi connectivity index (χ0v) is 19.8. The van der Waals surface area contributed by atoms with E-state index in [-0.39, 0.29) is 24.8 Å². The number of amides is 3. The third-order valence-corrected chi connectivity index (χ3v) is 6.83. The number of carbonyl (C=O) groups is 3. The summed E-state index contributed by atoms with van der Waals surface area (Å²) in [7, 11) is 3.64. The Hall–Kier alpha value is -3.90. The van der Waals surface area contributed by atoms with Gasteiger partial charge in [0.2, 0.25) is 11.8 Å². The maximum atomic E-state index is 13.1. The average Bonchev–Trinajstić information content (AvgIpc) is 3.32. The lowest BCUT2D eigenvalue weighted by atomic mass is 9.85. The number of nitrogens with one attached hydrogen (secondary N) is 1. The number of rotatable bonds is 4. The second kappa shape index (κ2) is 9.04. The van der Waals surface area contributed by atoms with Crippen LogP contribution in [0.5, 0.6) is 5.75 Å². The molecule has 3 aliphatic heterocycles. The molecule has 3 aliphatic rings. The zero-order chi connectivity index (χ0) is 24.6. The molecule has 3 amide bonds. The number of fused-ring (bicyclic) bond motifs is 1. The minimum Gasteiger partial charge on any atom is -0.497 e. The molecular formula is C26H27N5O4. The molecule has 5 rings (SSSR count). The van der Waals surface area contributed by atoms with E-state index in [9.17, 15) is 14.4 Å². The second-order valence-corrected chi connectivity index (χ2v) is 9.24. The Morgan fingerprint density at radius 1 is 1.14 bits per heavy atom. The molecule has 1 aromatic carbocycles. The molecule has 35 heavy (non-hydrogen) atoms. The minimum absolute atomic E-state index is 0.0253. The van der Waals surface area contributed by atoms with E-state index in [1.165, 1.54) is 0 Å². The Balaban J connectivity index is 1.44. The number of hydrogen-bond acceptors (Lipinski definition) is 7. The van der Waals surface area contributed by atoms with Crippen LogP contribution in [0.1, 0.15) is 27.9 Å². The van der Waals surface area contributed by atoms with Gasteiger partial charge in [0.25, 0.3) is 5.91 Å². The largest absolute Gasteiger partial charge is 0.497 e. The summed E-state index contributed by atoms with van der Waals surface area (Å²) in [6, 6.07) is 9.04. The summed E-state index contributed by atoms with van der Waals surface area (Å²) in [6.45, 7) is 3.88. The molecule has 1 aromatic heterocycles. The molecule has 4 heterocycles. The molecule has 0 saturated carbocycles. The van der Waals surface area contributed by atoms with Crippen molar-refractivity contribution in [3.63, 3.8) is 0 Å². The van der Waals surface area contributed by atoms with Crippen LogP contribution < -0.4 is 15.0 Å². The van der Waals surface area contributed by atoms with E-state index in [1.807, 2.05) is 18.2 Å². The van der Waals surface area contributed by atoms with Gasteiger partial charge in [-0.25, -0.2) is 4.98 Å². The highest BCUT2D eigenvalue weighted by Crippen LogP contribution is 2.34. The number of carbonyl (C=O) groups excluding carboxylic acids is 3. The van der Waals surface area contributed by atoms with Crippen molar-refractivity contribution >= 4 is 23.5 Å². The number of pyridine rings is 1. The van der Waals surface area contributed by atoms with E-state index >= 15 is 0 Å². The molecule has 0 radical (unpaired) electrons. The molecule has 2 fully saturated rings. The van der Waals surface area contributed by atoms with E-state index in [2.05, 4.69) is 39.0 Å². The van der Waals surface area contributed by atoms with Crippen molar-refractivity contribution in [3.05, 3.63) is 53.2 Å². The molecule has 9 nitrogen and oxygen atoms in total. The number of nitrogens with zero attached hydrogens (tertiary/aromatic N) is 4. The van der Waals surface area contributed by atoms with Crippen LogP contribution in [0.3, 0.4) is 0 Å². The van der Waals surface area contributed by atoms with Gasteiger partial charge < -0.3 is 19.4 Å². The van der Waals surface area contributed by atoms with Crippen molar-refractivity contribution in [1.29, 1.82) is 0 Å². The Bertz CT molecular complexity index is 1260. The summed E-state index contributed by atoms with van der Waals surface area (Å²) in [5.41, 5.74) is 0.771. The van der Waals surface area contributed by atoms with Gasteiger partial charge in [-0.05, 0) is 36.9 Å². The van der Waals surface area contributed by atoms with Crippen LogP contribution in [0.15, 0.2) is 36.5 Å². The van der Waals surface area contributed by atoms with Crippen molar-refractivity contribution in [2.45, 2.75) is 13.0 Å². The highest BCUT2D eigenvalue weighted by molar-refractivity contribution is 6.08. The van der Waals surface area contributed by atoms with Crippen molar-refractivity contribution in [3.8, 4) is 17.6 Å². The maximum Gasteiger partial charge on any atom is 0.254 e. The van der Waals surface area contributed by atoms with Gasteiger partial charge in [-0.2, -0.15) is 0 Å². The van der Waals surface area contributed by atoms with Crippen molar-refractivity contribution in [2.75, 3.05) is 51.8 Å². The van der Waals surface area contributed by atoms with Gasteiger partial charge in [-0.15, -0.1) is 0 Å². The average molecular weight is 474 g/mol. The van der Waals surface area contributed by atoms with E-state index in [0.29, 0.717) is 23.4 Å². The fourth-order valence-electron chi connectivity index (χ4n) is 4.79. The first-order valence-corrected chi connectivity index (χ1v) is 11.6. The van der Waals surface area contributed by atoms with Crippen LogP contribution in [-0.4, -0.2) is 79.4 Å². The predicted molar refractivity (Wildman–Crippen MR) is 129 cm³/mol. The molecule has 2 aromatic rings. The number of ether oxygens (including phenoxy) is 1.